The molecule has 1 aromatic heterocycles. The number of nitro groups is 1. The molecule has 0 N–H and O–H groups in total. The van der Waals surface area contributed by atoms with E-state index in [2.05, 4.69) is 17.6 Å². The largest absolute Gasteiger partial charge is 0.308 e. The molecule has 0 unspecified atom stereocenters. The number of pyridine rings is 1. The number of hydrogen-bond acceptors (Lipinski definition) is 4. The Bertz CT molecular complexity index is 513. The van der Waals surface area contributed by atoms with E-state index in [4.69, 9.17) is 0 Å². The molecule has 0 aliphatic rings. The van der Waals surface area contributed by atoms with Crippen molar-refractivity contribution in [1.82, 2.24) is 4.98 Å². The number of fused-ring (bicyclic) bond motifs is 1. The Morgan fingerprint density at radius 2 is 2.14 bits per heavy atom. The van der Waals surface area contributed by atoms with Gasteiger partial charge in [0.2, 0.25) is 0 Å². The number of aromatic nitrogens is 1. The molecule has 0 fully saturated rings. The van der Waals surface area contributed by atoms with Gasteiger partial charge < -0.3 is 0 Å². The quantitative estimate of drug-likeness (QED) is 0.443. The zero-order chi connectivity index (χ0) is 10.1. The Hall–Kier alpha value is -1.62. The molecule has 0 bridgehead atoms. The van der Waals surface area contributed by atoms with Crippen LogP contribution < -0.4 is 0 Å². The molecule has 1 aromatic carbocycles. The molecular formula is C9H6N2O2S. The van der Waals surface area contributed by atoms with Gasteiger partial charge in [0.15, 0.2) is 0 Å². The van der Waals surface area contributed by atoms with Gasteiger partial charge >= 0.3 is 5.69 Å². The van der Waals surface area contributed by atoms with Crippen LogP contribution in [0.15, 0.2) is 35.4 Å². The molecule has 0 aliphatic heterocycles. The second kappa shape index (κ2) is 3.26. The summed E-state index contributed by atoms with van der Waals surface area (Å²) < 4.78 is 0. The molecule has 0 atom stereocenters. The molecule has 14 heavy (non-hydrogen) atoms. The first-order valence-corrected chi connectivity index (χ1v) is 4.36. The molecule has 2 aromatic rings. The van der Waals surface area contributed by atoms with Crippen molar-refractivity contribution in [3.63, 3.8) is 0 Å². The highest BCUT2D eigenvalue weighted by atomic mass is 32.1. The Kier molecular flexibility index (Phi) is 2.09. The zero-order valence-electron chi connectivity index (χ0n) is 7.04. The first kappa shape index (κ1) is 8.96. The standard InChI is InChI=1S/C9H6N2O2S/c12-11(13)9-7(14)4-3-6-2-1-5-10-8(6)9/h1-5,14H. The molecule has 5 heteroatoms. The van der Waals surface area contributed by atoms with Crippen LogP contribution in [0.1, 0.15) is 0 Å². The summed E-state index contributed by atoms with van der Waals surface area (Å²) in [7, 11) is 0. The summed E-state index contributed by atoms with van der Waals surface area (Å²) in [5.41, 5.74) is 0.344. The highest BCUT2D eigenvalue weighted by molar-refractivity contribution is 7.80. The molecule has 2 rings (SSSR count). The van der Waals surface area contributed by atoms with Crippen LogP contribution in [-0.2, 0) is 0 Å². The third-order valence-electron chi connectivity index (χ3n) is 1.91. The van der Waals surface area contributed by atoms with Gasteiger partial charge in [-0.25, -0.2) is 4.98 Å². The van der Waals surface area contributed by atoms with Crippen molar-refractivity contribution in [2.75, 3.05) is 0 Å². The van der Waals surface area contributed by atoms with E-state index in [1.165, 1.54) is 6.20 Å². The van der Waals surface area contributed by atoms with Gasteiger partial charge in [0.1, 0.15) is 5.52 Å². The fraction of sp³-hybridized carbons (Fsp3) is 0. The first-order valence-electron chi connectivity index (χ1n) is 3.91. The van der Waals surface area contributed by atoms with Crippen LogP contribution in [0.25, 0.3) is 10.9 Å². The maximum Gasteiger partial charge on any atom is 0.308 e. The average molecular weight is 206 g/mol. The van der Waals surface area contributed by atoms with Gasteiger partial charge in [-0.15, -0.1) is 12.6 Å². The van der Waals surface area contributed by atoms with E-state index >= 15 is 0 Å². The van der Waals surface area contributed by atoms with Gasteiger partial charge in [0, 0.05) is 11.6 Å². The van der Waals surface area contributed by atoms with E-state index in [1.807, 2.05) is 0 Å². The first-order chi connectivity index (χ1) is 6.70. The van der Waals surface area contributed by atoms with E-state index in [9.17, 15) is 10.1 Å². The van der Waals surface area contributed by atoms with E-state index in [1.54, 1.807) is 24.3 Å². The maximum atomic E-state index is 10.8. The summed E-state index contributed by atoms with van der Waals surface area (Å²) in [6.07, 6.45) is 1.53. The second-order valence-electron chi connectivity index (χ2n) is 2.77. The maximum absolute atomic E-state index is 10.8. The summed E-state index contributed by atoms with van der Waals surface area (Å²) >= 11 is 4.03. The molecule has 70 valence electrons. The van der Waals surface area contributed by atoms with Crippen molar-refractivity contribution in [3.05, 3.63) is 40.6 Å². The second-order valence-corrected chi connectivity index (χ2v) is 3.25. The monoisotopic (exact) mass is 206 g/mol. The number of benzene rings is 1. The van der Waals surface area contributed by atoms with Crippen LogP contribution in [0.2, 0.25) is 0 Å². The van der Waals surface area contributed by atoms with Gasteiger partial charge in [0.05, 0.1) is 9.82 Å². The summed E-state index contributed by atoms with van der Waals surface area (Å²) in [5.74, 6) is 0. The average Bonchev–Trinajstić information content (AvgIpc) is 2.17. The van der Waals surface area contributed by atoms with Crippen LogP contribution in [0.4, 0.5) is 5.69 Å². The number of nitrogens with zero attached hydrogens (tertiary/aromatic N) is 2. The van der Waals surface area contributed by atoms with Crippen LogP contribution in [0.3, 0.4) is 0 Å². The molecule has 4 nitrogen and oxygen atoms in total. The highest BCUT2D eigenvalue weighted by Crippen LogP contribution is 2.29. The molecule has 0 aliphatic carbocycles. The molecule has 0 radical (unpaired) electrons. The minimum Gasteiger partial charge on any atom is -0.258 e. The van der Waals surface area contributed by atoms with Crippen molar-refractivity contribution >= 4 is 29.2 Å². The Morgan fingerprint density at radius 3 is 2.86 bits per heavy atom. The summed E-state index contributed by atoms with van der Waals surface area (Å²) in [4.78, 5) is 14.6. The summed E-state index contributed by atoms with van der Waals surface area (Å²) in [5, 5.41) is 11.5. The Labute approximate surface area is 85.1 Å². The molecule has 0 saturated carbocycles. The smallest absolute Gasteiger partial charge is 0.258 e. The van der Waals surface area contributed by atoms with E-state index in [0.717, 1.165) is 5.39 Å². The van der Waals surface area contributed by atoms with Crippen molar-refractivity contribution in [2.45, 2.75) is 4.90 Å². The fourth-order valence-electron chi connectivity index (χ4n) is 1.30. The number of hydrogen-bond donors (Lipinski definition) is 1. The third kappa shape index (κ3) is 1.31. The number of thiol groups is 1. The van der Waals surface area contributed by atoms with Crippen LogP contribution in [0, 0.1) is 10.1 Å². The molecule has 0 spiro atoms. The van der Waals surface area contributed by atoms with Crippen molar-refractivity contribution < 1.29 is 4.92 Å². The summed E-state index contributed by atoms with van der Waals surface area (Å²) in [6, 6.07) is 6.88. The van der Waals surface area contributed by atoms with Crippen LogP contribution >= 0.6 is 12.6 Å². The topological polar surface area (TPSA) is 56.0 Å². The van der Waals surface area contributed by atoms with E-state index in [0.29, 0.717) is 10.4 Å². The van der Waals surface area contributed by atoms with Crippen LogP contribution in [0.5, 0.6) is 0 Å². The predicted octanol–water partition coefficient (Wildman–Crippen LogP) is 2.43. The fourth-order valence-corrected chi connectivity index (χ4v) is 1.56. The molecule has 0 saturated heterocycles. The van der Waals surface area contributed by atoms with Gasteiger partial charge in [-0.3, -0.25) is 10.1 Å². The van der Waals surface area contributed by atoms with Crippen molar-refractivity contribution in [1.29, 1.82) is 0 Å². The lowest BCUT2D eigenvalue weighted by molar-refractivity contribution is -0.386. The Balaban J connectivity index is 2.90. The number of nitro benzene ring substituents is 1. The molecule has 0 amide bonds. The van der Waals surface area contributed by atoms with Crippen molar-refractivity contribution in [2.24, 2.45) is 0 Å². The van der Waals surface area contributed by atoms with E-state index < -0.39 is 4.92 Å². The van der Waals surface area contributed by atoms with Crippen LogP contribution in [-0.4, -0.2) is 9.91 Å². The zero-order valence-corrected chi connectivity index (χ0v) is 7.94. The molecular weight excluding hydrogens is 200 g/mol. The van der Waals surface area contributed by atoms with E-state index in [-0.39, 0.29) is 5.69 Å². The van der Waals surface area contributed by atoms with Gasteiger partial charge in [-0.2, -0.15) is 0 Å². The number of rotatable bonds is 1. The molecule has 1 heterocycles. The normalized spacial score (nSPS) is 10.4. The van der Waals surface area contributed by atoms with Crippen molar-refractivity contribution in [3.8, 4) is 0 Å². The third-order valence-corrected chi connectivity index (χ3v) is 2.27. The lowest BCUT2D eigenvalue weighted by atomic mass is 10.2. The Morgan fingerprint density at radius 1 is 1.36 bits per heavy atom. The minimum absolute atomic E-state index is 0.0357. The lowest BCUT2D eigenvalue weighted by Gasteiger charge is -1.99. The lowest BCUT2D eigenvalue weighted by Crippen LogP contribution is -1.92. The van der Waals surface area contributed by atoms with Gasteiger partial charge in [0.25, 0.3) is 0 Å². The summed E-state index contributed by atoms with van der Waals surface area (Å²) in [6.45, 7) is 0. The van der Waals surface area contributed by atoms with Gasteiger partial charge in [-0.05, 0) is 12.1 Å². The highest BCUT2D eigenvalue weighted by Gasteiger charge is 2.16. The SMILES string of the molecule is O=[N+]([O-])c1c(S)ccc2cccnc12. The van der Waals surface area contributed by atoms with Gasteiger partial charge in [-0.1, -0.05) is 12.1 Å². The minimum atomic E-state index is -0.461. The predicted molar refractivity (Wildman–Crippen MR) is 55.6 cm³/mol.